The molecular weight excluding hydrogens is 498 g/mol. The normalized spacial score (nSPS) is 11.4. The van der Waals surface area contributed by atoms with Gasteiger partial charge in [0.15, 0.2) is 0 Å². The number of nitrogens with one attached hydrogen (secondary N) is 2. The van der Waals surface area contributed by atoms with E-state index in [4.69, 9.17) is 5.73 Å². The van der Waals surface area contributed by atoms with Crippen LogP contribution in [0.4, 0.5) is 26.7 Å². The highest BCUT2D eigenvalue weighted by molar-refractivity contribution is 7.91. The number of nitrogens with two attached hydrogens (primary N) is 1. The van der Waals surface area contributed by atoms with Crippen LogP contribution in [-0.2, 0) is 19.4 Å². The Morgan fingerprint density at radius 1 is 0.946 bits per heavy atom. The van der Waals surface area contributed by atoms with Crippen LogP contribution in [0.1, 0.15) is 13.3 Å². The number of benzene rings is 3. The van der Waals surface area contributed by atoms with E-state index >= 15 is 0 Å². The molecule has 0 atom stereocenters. The SMILES string of the molecule is CCC(=O)NC(=NC(=O)OC)Nc1cc(S(=O)(=O)c2ccccc2)ccc1N(C(N)=O)c1ccccc1. The van der Waals surface area contributed by atoms with Gasteiger partial charge in [-0.05, 0) is 42.5 Å². The monoisotopic (exact) mass is 523 g/mol. The summed E-state index contributed by atoms with van der Waals surface area (Å²) in [4.78, 5) is 41.2. The lowest BCUT2D eigenvalue weighted by atomic mass is 10.2. The Morgan fingerprint density at radius 3 is 2.14 bits per heavy atom. The van der Waals surface area contributed by atoms with E-state index in [0.29, 0.717) is 5.69 Å². The minimum Gasteiger partial charge on any atom is -0.451 e. The first kappa shape index (κ1) is 26.9. The number of carbonyl (C=O) groups is 3. The Morgan fingerprint density at radius 2 is 1.57 bits per heavy atom. The van der Waals surface area contributed by atoms with E-state index in [-0.39, 0.29) is 33.5 Å². The number of urea groups is 1. The van der Waals surface area contributed by atoms with E-state index in [1.165, 1.54) is 30.3 Å². The summed E-state index contributed by atoms with van der Waals surface area (Å²) in [7, 11) is -2.87. The van der Waals surface area contributed by atoms with Gasteiger partial charge in [0.2, 0.25) is 21.7 Å². The Kier molecular flexibility index (Phi) is 8.59. The van der Waals surface area contributed by atoms with Gasteiger partial charge in [-0.25, -0.2) is 18.0 Å². The van der Waals surface area contributed by atoms with E-state index in [2.05, 4.69) is 20.4 Å². The van der Waals surface area contributed by atoms with Crippen LogP contribution in [0.25, 0.3) is 0 Å². The van der Waals surface area contributed by atoms with Crippen molar-refractivity contribution in [1.29, 1.82) is 0 Å². The number of nitrogens with zero attached hydrogens (tertiary/aromatic N) is 2. The van der Waals surface area contributed by atoms with Gasteiger partial charge in [-0.15, -0.1) is 4.99 Å². The van der Waals surface area contributed by atoms with Crippen molar-refractivity contribution in [1.82, 2.24) is 5.32 Å². The summed E-state index contributed by atoms with van der Waals surface area (Å²) in [6.07, 6.45) is -0.961. The summed E-state index contributed by atoms with van der Waals surface area (Å²) in [6, 6.07) is 19.2. The Balaban J connectivity index is 2.22. The second-order valence-electron chi connectivity index (χ2n) is 7.46. The number of anilines is 3. The molecule has 3 rings (SSSR count). The van der Waals surface area contributed by atoms with Gasteiger partial charge in [-0.1, -0.05) is 43.3 Å². The highest BCUT2D eigenvalue weighted by Gasteiger charge is 2.24. The van der Waals surface area contributed by atoms with Crippen LogP contribution in [0.2, 0.25) is 0 Å². The van der Waals surface area contributed by atoms with Crippen molar-refractivity contribution >= 4 is 50.9 Å². The molecule has 0 aromatic heterocycles. The van der Waals surface area contributed by atoms with Gasteiger partial charge in [-0.3, -0.25) is 15.0 Å². The summed E-state index contributed by atoms with van der Waals surface area (Å²) < 4.78 is 31.2. The number of carbonyl (C=O) groups excluding carboxylic acids is 3. The number of primary amides is 1. The van der Waals surface area contributed by atoms with Crippen molar-refractivity contribution < 1.29 is 27.5 Å². The van der Waals surface area contributed by atoms with E-state index in [9.17, 15) is 22.8 Å². The summed E-state index contributed by atoms with van der Waals surface area (Å²) in [6.45, 7) is 1.59. The molecule has 4 N–H and O–H groups in total. The largest absolute Gasteiger partial charge is 0.451 e. The number of para-hydroxylation sites is 1. The molecule has 4 amide bonds. The first-order valence-corrected chi connectivity index (χ1v) is 12.5. The number of hydrogen-bond acceptors (Lipinski definition) is 6. The molecule has 0 bridgehead atoms. The third kappa shape index (κ3) is 6.49. The van der Waals surface area contributed by atoms with E-state index in [1.807, 2.05) is 0 Å². The maximum Gasteiger partial charge on any atom is 0.436 e. The van der Waals surface area contributed by atoms with Gasteiger partial charge >= 0.3 is 12.1 Å². The summed E-state index contributed by atoms with van der Waals surface area (Å²) in [5.41, 5.74) is 6.22. The van der Waals surface area contributed by atoms with Gasteiger partial charge in [0.1, 0.15) is 0 Å². The molecule has 0 fully saturated rings. The second-order valence-corrected chi connectivity index (χ2v) is 9.41. The number of hydrogen-bond donors (Lipinski definition) is 3. The molecule has 3 aromatic carbocycles. The number of guanidine groups is 1. The van der Waals surface area contributed by atoms with Crippen LogP contribution in [0, 0.1) is 0 Å². The fourth-order valence-electron chi connectivity index (χ4n) is 3.25. The lowest BCUT2D eigenvalue weighted by Crippen LogP contribution is -2.37. The summed E-state index contributed by atoms with van der Waals surface area (Å²) >= 11 is 0. The molecule has 0 aliphatic heterocycles. The van der Waals surface area contributed by atoms with Crippen molar-refractivity contribution in [2.45, 2.75) is 23.1 Å². The van der Waals surface area contributed by atoms with Crippen molar-refractivity contribution in [3.05, 3.63) is 78.9 Å². The first-order valence-electron chi connectivity index (χ1n) is 11.0. The summed E-state index contributed by atoms with van der Waals surface area (Å²) in [5.74, 6) is -0.828. The van der Waals surface area contributed by atoms with Crippen LogP contribution in [0.3, 0.4) is 0 Å². The molecule has 0 saturated heterocycles. The van der Waals surface area contributed by atoms with Gasteiger partial charge in [0.05, 0.1) is 34.0 Å². The molecule has 12 heteroatoms. The van der Waals surface area contributed by atoms with E-state index in [1.54, 1.807) is 55.5 Å². The zero-order valence-corrected chi connectivity index (χ0v) is 20.9. The zero-order chi connectivity index (χ0) is 27.0. The number of amides is 4. The number of rotatable bonds is 6. The fourth-order valence-corrected chi connectivity index (χ4v) is 4.56. The average molecular weight is 524 g/mol. The van der Waals surface area contributed by atoms with Crippen LogP contribution in [-0.4, -0.2) is 39.5 Å². The van der Waals surface area contributed by atoms with E-state index in [0.717, 1.165) is 12.0 Å². The van der Waals surface area contributed by atoms with Crippen molar-refractivity contribution in [3.8, 4) is 0 Å². The molecule has 0 heterocycles. The molecular formula is C25H25N5O6S. The van der Waals surface area contributed by atoms with Crippen molar-refractivity contribution in [2.75, 3.05) is 17.3 Å². The highest BCUT2D eigenvalue weighted by Crippen LogP contribution is 2.35. The minimum absolute atomic E-state index is 0.0127. The molecule has 37 heavy (non-hydrogen) atoms. The predicted octanol–water partition coefficient (Wildman–Crippen LogP) is 3.80. The Labute approximate surface area is 213 Å². The quantitative estimate of drug-likeness (QED) is 0.327. The van der Waals surface area contributed by atoms with Crippen LogP contribution >= 0.6 is 0 Å². The maximum absolute atomic E-state index is 13.3. The highest BCUT2D eigenvalue weighted by atomic mass is 32.2. The molecule has 0 aliphatic carbocycles. The van der Waals surface area contributed by atoms with Crippen LogP contribution in [0.5, 0.6) is 0 Å². The molecule has 0 aliphatic rings. The fraction of sp³-hybridized carbons (Fsp3) is 0.120. The molecule has 192 valence electrons. The van der Waals surface area contributed by atoms with Crippen LogP contribution < -0.4 is 21.3 Å². The first-order chi connectivity index (χ1) is 17.7. The van der Waals surface area contributed by atoms with Gasteiger partial charge in [-0.2, -0.15) is 0 Å². The van der Waals surface area contributed by atoms with Crippen molar-refractivity contribution in [2.24, 2.45) is 10.7 Å². The third-order valence-electron chi connectivity index (χ3n) is 5.02. The molecule has 3 aromatic rings. The van der Waals surface area contributed by atoms with Gasteiger partial charge in [0, 0.05) is 6.42 Å². The Bertz CT molecular complexity index is 1430. The molecule has 11 nitrogen and oxygen atoms in total. The lowest BCUT2D eigenvalue weighted by Gasteiger charge is -2.25. The second kappa shape index (κ2) is 11.8. The zero-order valence-electron chi connectivity index (χ0n) is 20.0. The minimum atomic E-state index is -3.97. The average Bonchev–Trinajstić information content (AvgIpc) is 2.90. The maximum atomic E-state index is 13.3. The van der Waals surface area contributed by atoms with Crippen molar-refractivity contribution in [3.63, 3.8) is 0 Å². The number of sulfone groups is 1. The molecule has 0 spiro atoms. The Hall–Kier alpha value is -4.71. The topological polar surface area (TPSA) is 160 Å². The molecule has 0 saturated carbocycles. The molecule has 0 radical (unpaired) electrons. The number of aliphatic imine (C=N–C) groups is 1. The third-order valence-corrected chi connectivity index (χ3v) is 6.78. The number of methoxy groups -OCH3 is 1. The molecule has 0 unspecified atom stereocenters. The number of ether oxygens (including phenoxy) is 1. The standard InChI is InChI=1S/C25H25N5O6S/c1-3-22(31)28-24(29-25(33)36-2)27-20-16-19(37(34,35)18-12-8-5-9-13-18)14-15-21(20)30(23(26)32)17-10-6-4-7-11-17/h4-16H,3H2,1-2H3,(H2,26,32)(H2,27,28,29,31,33). The summed E-state index contributed by atoms with van der Waals surface area (Å²) in [5, 5.41) is 5.17. The van der Waals surface area contributed by atoms with Gasteiger partial charge < -0.3 is 15.8 Å². The van der Waals surface area contributed by atoms with E-state index < -0.39 is 27.9 Å². The van der Waals surface area contributed by atoms with Gasteiger partial charge in [0.25, 0.3) is 0 Å². The predicted molar refractivity (Wildman–Crippen MR) is 138 cm³/mol. The van der Waals surface area contributed by atoms with Crippen LogP contribution in [0.15, 0.2) is 93.6 Å². The lowest BCUT2D eigenvalue weighted by molar-refractivity contribution is -0.119. The smallest absolute Gasteiger partial charge is 0.436 e.